The second kappa shape index (κ2) is 6.92. The number of amides is 2. The highest BCUT2D eigenvalue weighted by Gasteiger charge is 2.21. The van der Waals surface area contributed by atoms with Gasteiger partial charge in [0.2, 0.25) is 11.8 Å². The molecule has 0 spiro atoms. The maximum Gasteiger partial charge on any atom is 0.248 e. The van der Waals surface area contributed by atoms with Gasteiger partial charge < -0.3 is 10.2 Å². The molecule has 4 heteroatoms. The molecule has 1 heterocycles. The summed E-state index contributed by atoms with van der Waals surface area (Å²) in [6.45, 7) is 0.740. The topological polar surface area (TPSA) is 49.4 Å². The van der Waals surface area contributed by atoms with Crippen LogP contribution in [0.2, 0.25) is 0 Å². The molecule has 116 valence electrons. The summed E-state index contributed by atoms with van der Waals surface area (Å²) in [6, 6.07) is 17.0. The first kappa shape index (κ1) is 15.0. The first-order chi connectivity index (χ1) is 11.2. The molecule has 23 heavy (non-hydrogen) atoms. The predicted octanol–water partition coefficient (Wildman–Crippen LogP) is 3.47. The molecule has 1 aliphatic rings. The zero-order valence-electron chi connectivity index (χ0n) is 12.7. The average Bonchev–Trinajstić information content (AvgIpc) is 3.00. The van der Waals surface area contributed by atoms with Crippen LogP contribution in [0.4, 0.5) is 11.4 Å². The summed E-state index contributed by atoms with van der Waals surface area (Å²) in [7, 11) is 0. The Hall–Kier alpha value is -2.88. The van der Waals surface area contributed by atoms with Gasteiger partial charge >= 0.3 is 0 Å². The predicted molar refractivity (Wildman–Crippen MR) is 92.1 cm³/mol. The van der Waals surface area contributed by atoms with E-state index in [1.54, 1.807) is 11.0 Å². The monoisotopic (exact) mass is 306 g/mol. The summed E-state index contributed by atoms with van der Waals surface area (Å²) in [5, 5.41) is 2.83. The third kappa shape index (κ3) is 3.86. The Kier molecular flexibility index (Phi) is 4.52. The van der Waals surface area contributed by atoms with Crippen molar-refractivity contribution in [3.8, 4) is 0 Å². The Labute approximate surface area is 135 Å². The van der Waals surface area contributed by atoms with Gasteiger partial charge in [-0.3, -0.25) is 9.59 Å². The number of carbonyl (C=O) groups excluding carboxylic acids is 2. The van der Waals surface area contributed by atoms with Crippen molar-refractivity contribution in [2.75, 3.05) is 16.8 Å². The second-order valence-corrected chi connectivity index (χ2v) is 5.43. The average molecular weight is 306 g/mol. The fraction of sp³-hybridized carbons (Fsp3) is 0.158. The van der Waals surface area contributed by atoms with E-state index in [2.05, 4.69) is 5.32 Å². The first-order valence-corrected chi connectivity index (χ1v) is 7.67. The molecule has 4 nitrogen and oxygen atoms in total. The SMILES string of the molecule is O=C(/C=C/c1ccccc1)Nc1cccc(N2CCCC2=O)c1. The van der Waals surface area contributed by atoms with E-state index >= 15 is 0 Å². The molecule has 1 saturated heterocycles. The lowest BCUT2D eigenvalue weighted by molar-refractivity contribution is -0.117. The van der Waals surface area contributed by atoms with Crippen molar-refractivity contribution in [2.45, 2.75) is 12.8 Å². The van der Waals surface area contributed by atoms with Gasteiger partial charge in [0.15, 0.2) is 0 Å². The van der Waals surface area contributed by atoms with Gasteiger partial charge in [-0.1, -0.05) is 36.4 Å². The van der Waals surface area contributed by atoms with E-state index in [4.69, 9.17) is 0 Å². The Balaban J connectivity index is 1.67. The maximum absolute atomic E-state index is 12.0. The molecule has 0 atom stereocenters. The zero-order valence-corrected chi connectivity index (χ0v) is 12.7. The first-order valence-electron chi connectivity index (χ1n) is 7.67. The van der Waals surface area contributed by atoms with E-state index in [0.29, 0.717) is 12.1 Å². The van der Waals surface area contributed by atoms with Crippen LogP contribution in [0.1, 0.15) is 18.4 Å². The molecular formula is C19H18N2O2. The minimum absolute atomic E-state index is 0.137. The molecule has 0 bridgehead atoms. The van der Waals surface area contributed by atoms with Crippen molar-refractivity contribution in [3.63, 3.8) is 0 Å². The van der Waals surface area contributed by atoms with E-state index in [-0.39, 0.29) is 11.8 Å². The molecule has 0 aliphatic carbocycles. The summed E-state index contributed by atoms with van der Waals surface area (Å²) < 4.78 is 0. The summed E-state index contributed by atoms with van der Waals surface area (Å²) in [5.41, 5.74) is 2.49. The highest BCUT2D eigenvalue weighted by Crippen LogP contribution is 2.24. The van der Waals surface area contributed by atoms with Crippen LogP contribution < -0.4 is 10.2 Å². The van der Waals surface area contributed by atoms with Crippen LogP contribution in [0.5, 0.6) is 0 Å². The van der Waals surface area contributed by atoms with Crippen molar-refractivity contribution < 1.29 is 9.59 Å². The van der Waals surface area contributed by atoms with E-state index in [0.717, 1.165) is 24.2 Å². The number of hydrogen-bond acceptors (Lipinski definition) is 2. The van der Waals surface area contributed by atoms with Gasteiger partial charge in [0.05, 0.1) is 0 Å². The van der Waals surface area contributed by atoms with Crippen LogP contribution in [0, 0.1) is 0 Å². The van der Waals surface area contributed by atoms with Crippen LogP contribution in [0.3, 0.4) is 0 Å². The standard InChI is InChI=1S/C19H18N2O2/c22-18(12-11-15-6-2-1-3-7-15)20-16-8-4-9-17(14-16)21-13-5-10-19(21)23/h1-4,6-9,11-12,14H,5,10,13H2,(H,20,22)/b12-11+. The molecule has 2 amide bonds. The van der Waals surface area contributed by atoms with Crippen LogP contribution in [0.15, 0.2) is 60.7 Å². The number of anilines is 2. The molecular weight excluding hydrogens is 288 g/mol. The van der Waals surface area contributed by atoms with Gasteiger partial charge in [-0.15, -0.1) is 0 Å². The number of nitrogens with zero attached hydrogens (tertiary/aromatic N) is 1. The lowest BCUT2D eigenvalue weighted by Gasteiger charge is -2.16. The third-order valence-corrected chi connectivity index (χ3v) is 3.73. The van der Waals surface area contributed by atoms with Crippen molar-refractivity contribution >= 4 is 29.3 Å². The summed E-state index contributed by atoms with van der Waals surface area (Å²) in [4.78, 5) is 25.6. The fourth-order valence-corrected chi connectivity index (χ4v) is 2.59. The fourth-order valence-electron chi connectivity index (χ4n) is 2.59. The Morgan fingerprint density at radius 1 is 1.09 bits per heavy atom. The molecule has 0 aromatic heterocycles. The van der Waals surface area contributed by atoms with Gasteiger partial charge in [-0.25, -0.2) is 0 Å². The van der Waals surface area contributed by atoms with Crippen LogP contribution >= 0.6 is 0 Å². The van der Waals surface area contributed by atoms with E-state index in [9.17, 15) is 9.59 Å². The third-order valence-electron chi connectivity index (χ3n) is 3.73. The molecule has 2 aromatic carbocycles. The minimum atomic E-state index is -0.196. The highest BCUT2D eigenvalue weighted by atomic mass is 16.2. The molecule has 0 saturated carbocycles. The van der Waals surface area contributed by atoms with Gasteiger partial charge in [0.1, 0.15) is 0 Å². The van der Waals surface area contributed by atoms with Gasteiger partial charge in [-0.2, -0.15) is 0 Å². The van der Waals surface area contributed by atoms with Gasteiger partial charge in [-0.05, 0) is 36.3 Å². The molecule has 2 aromatic rings. The van der Waals surface area contributed by atoms with E-state index < -0.39 is 0 Å². The molecule has 1 aliphatic heterocycles. The summed E-state index contributed by atoms with van der Waals surface area (Å²) >= 11 is 0. The number of rotatable bonds is 4. The number of nitrogens with one attached hydrogen (secondary N) is 1. The normalized spacial score (nSPS) is 14.4. The summed E-state index contributed by atoms with van der Waals surface area (Å²) in [6.07, 6.45) is 4.75. The lowest BCUT2D eigenvalue weighted by Crippen LogP contribution is -2.23. The van der Waals surface area contributed by atoms with Crippen molar-refractivity contribution in [3.05, 3.63) is 66.2 Å². The molecule has 0 unspecified atom stereocenters. The smallest absolute Gasteiger partial charge is 0.248 e. The van der Waals surface area contributed by atoms with E-state index in [1.807, 2.05) is 54.6 Å². The van der Waals surface area contributed by atoms with Crippen molar-refractivity contribution in [1.29, 1.82) is 0 Å². The number of benzene rings is 2. The van der Waals surface area contributed by atoms with E-state index in [1.165, 1.54) is 6.08 Å². The molecule has 3 rings (SSSR count). The summed E-state index contributed by atoms with van der Waals surface area (Å²) in [5.74, 6) is -0.0591. The number of carbonyl (C=O) groups is 2. The minimum Gasteiger partial charge on any atom is -0.322 e. The van der Waals surface area contributed by atoms with Gasteiger partial charge in [0.25, 0.3) is 0 Å². The quantitative estimate of drug-likeness (QED) is 0.879. The molecule has 1 N–H and O–H groups in total. The van der Waals surface area contributed by atoms with Crippen molar-refractivity contribution in [2.24, 2.45) is 0 Å². The Morgan fingerprint density at radius 2 is 1.91 bits per heavy atom. The maximum atomic E-state index is 12.0. The van der Waals surface area contributed by atoms with Crippen LogP contribution in [-0.2, 0) is 9.59 Å². The zero-order chi connectivity index (χ0) is 16.1. The van der Waals surface area contributed by atoms with Crippen LogP contribution in [0.25, 0.3) is 6.08 Å². The Morgan fingerprint density at radius 3 is 2.65 bits per heavy atom. The Bertz CT molecular complexity index is 738. The number of hydrogen-bond donors (Lipinski definition) is 1. The molecule has 0 radical (unpaired) electrons. The lowest BCUT2D eigenvalue weighted by atomic mass is 10.2. The molecule has 1 fully saturated rings. The van der Waals surface area contributed by atoms with Crippen LogP contribution in [-0.4, -0.2) is 18.4 Å². The van der Waals surface area contributed by atoms with Crippen molar-refractivity contribution in [1.82, 2.24) is 0 Å². The van der Waals surface area contributed by atoms with Gasteiger partial charge in [0, 0.05) is 30.4 Å². The highest BCUT2D eigenvalue weighted by molar-refractivity contribution is 6.02. The largest absolute Gasteiger partial charge is 0.322 e. The second-order valence-electron chi connectivity index (χ2n) is 5.43.